The number of hydrogen-bond donors (Lipinski definition) is 1. The van der Waals surface area contributed by atoms with Crippen molar-refractivity contribution in [2.75, 3.05) is 13.1 Å². The largest absolute Gasteiger partial charge is 0.490 e. The van der Waals surface area contributed by atoms with Gasteiger partial charge in [0.15, 0.2) is 0 Å². The normalized spacial score (nSPS) is 20.5. The lowest BCUT2D eigenvalue weighted by molar-refractivity contribution is 0.241. The standard InChI is InChI=1S/C25H27N5O2/c1-15(2)31-23-9-6-16(12-17(23)13-26)25-28-24(29-32-25)21-5-3-4-20-19(21)7-8-22(20)30-11-10-18(27)14-30/h3-6,9,12,15,18,22H,7-8,10-11,14,27H2,1-2H3/t18-,22?/m1/s1. The smallest absolute Gasteiger partial charge is 0.258 e. The molecule has 0 amide bonds. The molecule has 7 heteroatoms. The third-order valence-electron chi connectivity index (χ3n) is 6.31. The Hall–Kier alpha value is -3.21. The van der Waals surface area contributed by atoms with E-state index < -0.39 is 0 Å². The highest BCUT2D eigenvalue weighted by molar-refractivity contribution is 5.67. The van der Waals surface area contributed by atoms with Gasteiger partial charge >= 0.3 is 0 Å². The number of fused-ring (bicyclic) bond motifs is 1. The molecule has 1 fully saturated rings. The van der Waals surface area contributed by atoms with Crippen molar-refractivity contribution < 1.29 is 9.26 Å². The highest BCUT2D eigenvalue weighted by Crippen LogP contribution is 2.41. The van der Waals surface area contributed by atoms with E-state index in [1.54, 1.807) is 12.1 Å². The second-order valence-electron chi connectivity index (χ2n) is 8.88. The number of ether oxygens (including phenoxy) is 1. The summed E-state index contributed by atoms with van der Waals surface area (Å²) in [5.41, 5.74) is 11.0. The van der Waals surface area contributed by atoms with E-state index in [-0.39, 0.29) is 12.1 Å². The van der Waals surface area contributed by atoms with Gasteiger partial charge in [0.1, 0.15) is 11.8 Å². The maximum absolute atomic E-state index is 9.51. The first-order chi connectivity index (χ1) is 15.5. The molecule has 2 N–H and O–H groups in total. The van der Waals surface area contributed by atoms with Crippen LogP contribution >= 0.6 is 0 Å². The van der Waals surface area contributed by atoms with E-state index in [0.717, 1.165) is 37.9 Å². The average molecular weight is 430 g/mol. The molecule has 32 heavy (non-hydrogen) atoms. The number of nitrogens with two attached hydrogens (primary N) is 1. The van der Waals surface area contributed by atoms with Crippen LogP contribution in [0.2, 0.25) is 0 Å². The first-order valence-corrected chi connectivity index (χ1v) is 11.2. The Morgan fingerprint density at radius 3 is 2.88 bits per heavy atom. The molecule has 0 spiro atoms. The fourth-order valence-corrected chi connectivity index (χ4v) is 4.88. The highest BCUT2D eigenvalue weighted by Gasteiger charge is 2.33. The van der Waals surface area contributed by atoms with Crippen molar-refractivity contribution in [2.45, 2.75) is 51.3 Å². The summed E-state index contributed by atoms with van der Waals surface area (Å²) >= 11 is 0. The van der Waals surface area contributed by atoms with Crippen molar-refractivity contribution >= 4 is 0 Å². The first-order valence-electron chi connectivity index (χ1n) is 11.2. The minimum atomic E-state index is -0.0109. The molecule has 1 aliphatic heterocycles. The van der Waals surface area contributed by atoms with E-state index >= 15 is 0 Å². The van der Waals surface area contributed by atoms with Gasteiger partial charge in [-0.1, -0.05) is 23.4 Å². The summed E-state index contributed by atoms with van der Waals surface area (Å²) in [5, 5.41) is 13.8. The van der Waals surface area contributed by atoms with Gasteiger partial charge in [0.05, 0.1) is 11.7 Å². The number of benzene rings is 2. The molecule has 0 saturated carbocycles. The second kappa shape index (κ2) is 8.38. The molecule has 2 atom stereocenters. The Morgan fingerprint density at radius 2 is 2.12 bits per heavy atom. The van der Waals surface area contributed by atoms with E-state index in [4.69, 9.17) is 15.0 Å². The average Bonchev–Trinajstić information content (AvgIpc) is 3.52. The van der Waals surface area contributed by atoms with Crippen LogP contribution in [0.1, 0.15) is 49.4 Å². The fraction of sp³-hybridized carbons (Fsp3) is 0.400. The molecule has 1 unspecified atom stereocenters. The summed E-state index contributed by atoms with van der Waals surface area (Å²) in [4.78, 5) is 7.17. The molecular formula is C25H27N5O2. The zero-order chi connectivity index (χ0) is 22.2. The van der Waals surface area contributed by atoms with E-state index in [9.17, 15) is 5.26 Å². The maximum Gasteiger partial charge on any atom is 0.258 e. The number of nitriles is 1. The van der Waals surface area contributed by atoms with Gasteiger partial charge in [-0.25, -0.2) is 0 Å². The van der Waals surface area contributed by atoms with Crippen LogP contribution in [-0.2, 0) is 6.42 Å². The van der Waals surface area contributed by atoms with Crippen molar-refractivity contribution in [3.63, 3.8) is 0 Å². The summed E-state index contributed by atoms with van der Waals surface area (Å²) in [5.74, 6) is 1.53. The van der Waals surface area contributed by atoms with Crippen LogP contribution in [0.5, 0.6) is 5.75 Å². The van der Waals surface area contributed by atoms with Crippen LogP contribution in [0.3, 0.4) is 0 Å². The van der Waals surface area contributed by atoms with Crippen LogP contribution in [0.25, 0.3) is 22.8 Å². The van der Waals surface area contributed by atoms with Crippen LogP contribution in [-0.4, -0.2) is 40.3 Å². The molecule has 1 aromatic heterocycles. The number of likely N-dealkylation sites (tertiary alicyclic amines) is 1. The molecule has 164 valence electrons. The molecule has 5 rings (SSSR count). The van der Waals surface area contributed by atoms with Crippen LogP contribution < -0.4 is 10.5 Å². The first kappa shape index (κ1) is 20.7. The quantitative estimate of drug-likeness (QED) is 0.652. The van der Waals surface area contributed by atoms with Crippen molar-refractivity contribution in [1.82, 2.24) is 15.0 Å². The SMILES string of the molecule is CC(C)Oc1ccc(-c2nc(-c3cccc4c3CCC4N3CC[C@@H](N)C3)no2)cc1C#N. The van der Waals surface area contributed by atoms with E-state index in [1.807, 2.05) is 19.9 Å². The van der Waals surface area contributed by atoms with Gasteiger partial charge in [-0.2, -0.15) is 10.2 Å². The van der Waals surface area contributed by atoms with Crippen molar-refractivity contribution in [3.8, 4) is 34.7 Å². The molecular weight excluding hydrogens is 402 g/mol. The van der Waals surface area contributed by atoms with E-state index in [1.165, 1.54) is 11.1 Å². The van der Waals surface area contributed by atoms with Gasteiger partial charge in [-0.15, -0.1) is 0 Å². The van der Waals surface area contributed by atoms with Crippen molar-refractivity contribution in [2.24, 2.45) is 5.73 Å². The molecule has 3 aromatic rings. The Morgan fingerprint density at radius 1 is 1.25 bits per heavy atom. The van der Waals surface area contributed by atoms with Crippen LogP contribution in [0, 0.1) is 11.3 Å². The van der Waals surface area contributed by atoms with Crippen molar-refractivity contribution in [3.05, 3.63) is 53.1 Å². The Kier molecular flexibility index (Phi) is 5.41. The molecule has 1 aliphatic carbocycles. The van der Waals surface area contributed by atoms with Crippen LogP contribution in [0.4, 0.5) is 0 Å². The van der Waals surface area contributed by atoms with Gasteiger partial charge in [-0.3, -0.25) is 4.90 Å². The van der Waals surface area contributed by atoms with Gasteiger partial charge in [0, 0.05) is 36.3 Å². The highest BCUT2D eigenvalue weighted by atomic mass is 16.5. The Bertz CT molecular complexity index is 1180. The lowest BCUT2D eigenvalue weighted by Gasteiger charge is -2.24. The summed E-state index contributed by atoms with van der Waals surface area (Å²) in [6.07, 6.45) is 3.13. The second-order valence-corrected chi connectivity index (χ2v) is 8.88. The number of nitrogens with zero attached hydrogens (tertiary/aromatic N) is 4. The molecule has 2 heterocycles. The molecule has 0 bridgehead atoms. The fourth-order valence-electron chi connectivity index (χ4n) is 4.88. The predicted octanol–water partition coefficient (Wildman–Crippen LogP) is 4.08. The summed E-state index contributed by atoms with van der Waals surface area (Å²) < 4.78 is 11.3. The monoisotopic (exact) mass is 429 g/mol. The maximum atomic E-state index is 9.51. The summed E-state index contributed by atoms with van der Waals surface area (Å²) in [6.45, 7) is 5.87. The summed E-state index contributed by atoms with van der Waals surface area (Å²) in [6, 6.07) is 14.6. The third kappa shape index (κ3) is 3.77. The van der Waals surface area contributed by atoms with Crippen molar-refractivity contribution in [1.29, 1.82) is 5.26 Å². The van der Waals surface area contributed by atoms with Crippen LogP contribution in [0.15, 0.2) is 40.9 Å². The van der Waals surface area contributed by atoms with Gasteiger partial charge < -0.3 is 15.0 Å². The third-order valence-corrected chi connectivity index (χ3v) is 6.31. The summed E-state index contributed by atoms with van der Waals surface area (Å²) in [7, 11) is 0. The number of aromatic nitrogens is 2. The lowest BCUT2D eigenvalue weighted by Crippen LogP contribution is -2.29. The molecule has 7 nitrogen and oxygen atoms in total. The molecule has 0 radical (unpaired) electrons. The zero-order valence-corrected chi connectivity index (χ0v) is 18.4. The Balaban J connectivity index is 1.44. The van der Waals surface area contributed by atoms with E-state index in [0.29, 0.717) is 34.6 Å². The van der Waals surface area contributed by atoms with Gasteiger partial charge in [-0.05, 0) is 62.4 Å². The van der Waals surface area contributed by atoms with Gasteiger partial charge in [0.2, 0.25) is 5.82 Å². The Labute approximate surface area is 187 Å². The number of hydrogen-bond acceptors (Lipinski definition) is 7. The topological polar surface area (TPSA) is 101 Å². The predicted molar refractivity (Wildman–Crippen MR) is 121 cm³/mol. The molecule has 2 aromatic carbocycles. The number of rotatable bonds is 5. The molecule has 2 aliphatic rings. The molecule has 1 saturated heterocycles. The minimum absolute atomic E-state index is 0.0109. The zero-order valence-electron chi connectivity index (χ0n) is 18.4. The minimum Gasteiger partial charge on any atom is -0.490 e. The lowest BCUT2D eigenvalue weighted by atomic mass is 10.0. The van der Waals surface area contributed by atoms with Gasteiger partial charge in [0.25, 0.3) is 5.89 Å². The van der Waals surface area contributed by atoms with E-state index in [2.05, 4.69) is 39.3 Å².